The van der Waals surface area contributed by atoms with E-state index in [1.54, 1.807) is 18.2 Å². The van der Waals surface area contributed by atoms with Gasteiger partial charge in [0, 0.05) is 10.7 Å². The number of methoxy groups -OCH3 is 1. The average molecular weight is 513 g/mol. The lowest BCUT2D eigenvalue weighted by molar-refractivity contribution is -0.0469. The number of ether oxygens (including phenoxy) is 1. The van der Waals surface area contributed by atoms with Gasteiger partial charge in [0.15, 0.2) is 11.6 Å². The van der Waals surface area contributed by atoms with E-state index < -0.39 is 23.6 Å². The van der Waals surface area contributed by atoms with Crippen molar-refractivity contribution < 1.29 is 28.3 Å². The van der Waals surface area contributed by atoms with Gasteiger partial charge in [-0.3, -0.25) is 9.63 Å². The number of halogens is 4. The summed E-state index contributed by atoms with van der Waals surface area (Å²) >= 11 is 8.16. The number of carbonyl (C=O) groups is 1. The Hall–Kier alpha value is -1.53. The maximum Gasteiger partial charge on any atom is 0.277 e. The third-order valence-electron chi connectivity index (χ3n) is 3.50. The highest BCUT2D eigenvalue weighted by molar-refractivity contribution is 14.1. The van der Waals surface area contributed by atoms with E-state index in [0.29, 0.717) is 5.69 Å². The molecule has 0 aromatic heterocycles. The summed E-state index contributed by atoms with van der Waals surface area (Å²) in [5, 5.41) is 11.9. The molecular weight excluding hydrogens is 497 g/mol. The summed E-state index contributed by atoms with van der Waals surface area (Å²) < 4.78 is 33.7. The number of anilines is 2. The Bertz CT molecular complexity index is 822. The van der Waals surface area contributed by atoms with Crippen molar-refractivity contribution in [2.24, 2.45) is 0 Å². The molecular formula is C17H16ClF2IN2O4. The van der Waals surface area contributed by atoms with E-state index in [2.05, 4.69) is 33.4 Å². The largest absolute Gasteiger partial charge is 0.394 e. The fourth-order valence-electron chi connectivity index (χ4n) is 2.04. The summed E-state index contributed by atoms with van der Waals surface area (Å²) in [4.78, 5) is 17.3. The van der Waals surface area contributed by atoms with E-state index in [0.717, 1.165) is 15.7 Å². The van der Waals surface area contributed by atoms with Gasteiger partial charge in [-0.15, -0.1) is 0 Å². The van der Waals surface area contributed by atoms with Crippen LogP contribution in [-0.2, 0) is 9.57 Å². The van der Waals surface area contributed by atoms with E-state index in [1.165, 1.54) is 7.11 Å². The van der Waals surface area contributed by atoms with Gasteiger partial charge < -0.3 is 15.2 Å². The zero-order valence-electron chi connectivity index (χ0n) is 14.1. The summed E-state index contributed by atoms with van der Waals surface area (Å²) in [6, 6.07) is 6.87. The summed E-state index contributed by atoms with van der Waals surface area (Å²) in [5.41, 5.74) is 1.83. The number of benzene rings is 2. The Balaban J connectivity index is 2.24. The van der Waals surface area contributed by atoms with Crippen molar-refractivity contribution in [1.29, 1.82) is 0 Å². The Morgan fingerprint density at radius 3 is 2.70 bits per heavy atom. The van der Waals surface area contributed by atoms with Crippen LogP contribution in [0, 0.1) is 15.2 Å². The number of carbonyl (C=O) groups excluding carboxylic acids is 1. The molecule has 2 rings (SSSR count). The van der Waals surface area contributed by atoms with Gasteiger partial charge in [0.2, 0.25) is 0 Å². The molecule has 0 saturated carbocycles. The van der Waals surface area contributed by atoms with Crippen LogP contribution in [0.5, 0.6) is 0 Å². The van der Waals surface area contributed by atoms with Crippen molar-refractivity contribution in [2.45, 2.75) is 6.10 Å². The van der Waals surface area contributed by atoms with E-state index in [1.807, 2.05) is 0 Å². The van der Waals surface area contributed by atoms with Crippen LogP contribution in [0.1, 0.15) is 10.4 Å². The number of hydrogen-bond acceptors (Lipinski definition) is 5. The van der Waals surface area contributed by atoms with Crippen LogP contribution < -0.4 is 10.8 Å². The third kappa shape index (κ3) is 5.72. The minimum atomic E-state index is -1.23. The molecule has 0 aliphatic heterocycles. The second-order valence-corrected chi connectivity index (χ2v) is 6.97. The van der Waals surface area contributed by atoms with Gasteiger partial charge in [-0.2, -0.15) is 0 Å². The maximum absolute atomic E-state index is 14.3. The van der Waals surface area contributed by atoms with Gasteiger partial charge in [0.1, 0.15) is 12.7 Å². The highest BCUT2D eigenvalue weighted by Gasteiger charge is 2.20. The molecule has 0 bridgehead atoms. The van der Waals surface area contributed by atoms with Gasteiger partial charge >= 0.3 is 0 Å². The number of nitrogens with one attached hydrogen (secondary N) is 2. The summed E-state index contributed by atoms with van der Waals surface area (Å²) in [7, 11) is 1.37. The molecule has 1 unspecified atom stereocenters. The first-order chi connectivity index (χ1) is 12.9. The molecule has 6 nitrogen and oxygen atoms in total. The van der Waals surface area contributed by atoms with Crippen LogP contribution in [-0.4, -0.2) is 37.4 Å². The zero-order valence-corrected chi connectivity index (χ0v) is 17.0. The van der Waals surface area contributed by atoms with Gasteiger partial charge in [0.25, 0.3) is 5.91 Å². The molecule has 1 atom stereocenters. The van der Waals surface area contributed by atoms with Crippen molar-refractivity contribution in [2.75, 3.05) is 25.6 Å². The van der Waals surface area contributed by atoms with Gasteiger partial charge in [0.05, 0.1) is 28.6 Å². The van der Waals surface area contributed by atoms with Crippen LogP contribution >= 0.6 is 34.2 Å². The summed E-state index contributed by atoms with van der Waals surface area (Å²) in [5.74, 6) is -3.18. The molecule has 3 N–H and O–H groups in total. The Morgan fingerprint density at radius 2 is 2.07 bits per heavy atom. The predicted octanol–water partition coefficient (Wildman–Crippen LogP) is 3.64. The van der Waals surface area contributed by atoms with Crippen LogP contribution in [0.4, 0.5) is 20.2 Å². The van der Waals surface area contributed by atoms with E-state index in [-0.39, 0.29) is 29.5 Å². The number of hydrogen-bond donors (Lipinski definition) is 3. The Labute approximate surface area is 172 Å². The number of rotatable bonds is 8. The van der Waals surface area contributed by atoms with Gasteiger partial charge in [-0.05, 0) is 52.9 Å². The lowest BCUT2D eigenvalue weighted by Crippen LogP contribution is -2.31. The second-order valence-electron chi connectivity index (χ2n) is 5.32. The molecule has 0 saturated heterocycles. The van der Waals surface area contributed by atoms with E-state index >= 15 is 0 Å². The number of amides is 1. The van der Waals surface area contributed by atoms with Crippen molar-refractivity contribution >= 4 is 51.5 Å². The predicted molar refractivity (Wildman–Crippen MR) is 105 cm³/mol. The van der Waals surface area contributed by atoms with Crippen LogP contribution in [0.3, 0.4) is 0 Å². The van der Waals surface area contributed by atoms with Gasteiger partial charge in [-0.25, -0.2) is 14.3 Å². The van der Waals surface area contributed by atoms with Crippen LogP contribution in [0.15, 0.2) is 30.3 Å². The van der Waals surface area contributed by atoms with Crippen molar-refractivity contribution in [3.05, 3.63) is 56.1 Å². The fraction of sp³-hybridized carbons (Fsp3) is 0.235. The smallest absolute Gasteiger partial charge is 0.277 e. The molecule has 0 heterocycles. The molecule has 1 amide bonds. The number of hydroxylamine groups is 1. The summed E-state index contributed by atoms with van der Waals surface area (Å²) in [6.07, 6.45) is -0.640. The molecule has 2 aromatic rings. The first-order valence-electron chi connectivity index (χ1n) is 7.63. The Kier molecular flexibility index (Phi) is 8.17. The quantitative estimate of drug-likeness (QED) is 0.372. The van der Waals surface area contributed by atoms with E-state index in [9.17, 15) is 13.6 Å². The standard InChI is InChI=1S/C17H16ClF2IN2O4/c1-26-10(7-24)8-27-23-17(25)11-3-4-13(19)15(20)16(11)22-14-5-2-9(21)6-12(14)18/h2-6,10,22,24H,7-8H2,1H3,(H,23,25). The van der Waals surface area contributed by atoms with Crippen molar-refractivity contribution in [3.8, 4) is 0 Å². The Morgan fingerprint density at radius 1 is 1.33 bits per heavy atom. The number of aliphatic hydroxyl groups excluding tert-OH is 1. The first kappa shape index (κ1) is 21.8. The maximum atomic E-state index is 14.3. The molecule has 0 aliphatic rings. The lowest BCUT2D eigenvalue weighted by atomic mass is 10.1. The number of aliphatic hydroxyl groups is 1. The fourth-order valence-corrected chi connectivity index (χ4v) is 2.94. The minimum Gasteiger partial charge on any atom is -0.394 e. The molecule has 10 heteroatoms. The lowest BCUT2D eigenvalue weighted by Gasteiger charge is -2.16. The topological polar surface area (TPSA) is 79.8 Å². The average Bonchev–Trinajstić information content (AvgIpc) is 2.64. The zero-order chi connectivity index (χ0) is 20.0. The van der Waals surface area contributed by atoms with Crippen molar-refractivity contribution in [1.82, 2.24) is 5.48 Å². The van der Waals surface area contributed by atoms with Crippen LogP contribution in [0.25, 0.3) is 0 Å². The molecule has 2 aromatic carbocycles. The molecule has 0 spiro atoms. The minimum absolute atomic E-state index is 0.131. The van der Waals surface area contributed by atoms with Gasteiger partial charge in [-0.1, -0.05) is 11.6 Å². The SMILES string of the molecule is COC(CO)CONC(=O)c1ccc(F)c(F)c1Nc1ccc(I)cc1Cl. The normalized spacial score (nSPS) is 11.9. The van der Waals surface area contributed by atoms with E-state index in [4.69, 9.17) is 26.3 Å². The monoisotopic (exact) mass is 512 g/mol. The highest BCUT2D eigenvalue weighted by atomic mass is 127. The second kappa shape index (κ2) is 10.1. The molecule has 27 heavy (non-hydrogen) atoms. The molecule has 146 valence electrons. The van der Waals surface area contributed by atoms with Crippen LogP contribution in [0.2, 0.25) is 5.02 Å². The molecule has 0 aliphatic carbocycles. The molecule has 0 fully saturated rings. The first-order valence-corrected chi connectivity index (χ1v) is 9.08. The van der Waals surface area contributed by atoms with Crippen molar-refractivity contribution in [3.63, 3.8) is 0 Å². The third-order valence-corrected chi connectivity index (χ3v) is 4.49. The summed E-state index contributed by atoms with van der Waals surface area (Å²) in [6.45, 7) is -0.441. The highest BCUT2D eigenvalue weighted by Crippen LogP contribution is 2.31. The molecule has 0 radical (unpaired) electrons.